The molecule has 6 nitrogen and oxygen atoms in total. The Morgan fingerprint density at radius 1 is 1.10 bits per heavy atom. The van der Waals surface area contributed by atoms with E-state index in [0.717, 1.165) is 40.7 Å². The highest BCUT2D eigenvalue weighted by Crippen LogP contribution is 2.30. The van der Waals surface area contributed by atoms with Crippen LogP contribution in [0.5, 0.6) is 0 Å². The molecular formula is C24H30N6. The predicted octanol–water partition coefficient (Wildman–Crippen LogP) is 3.98. The Labute approximate surface area is 178 Å². The summed E-state index contributed by atoms with van der Waals surface area (Å²) in [4.78, 5) is 14.3. The van der Waals surface area contributed by atoms with E-state index in [1.54, 1.807) is 0 Å². The minimum Gasteiger partial charge on any atom is -0.329 e. The molecule has 30 heavy (non-hydrogen) atoms. The van der Waals surface area contributed by atoms with Gasteiger partial charge in [0.15, 0.2) is 0 Å². The highest BCUT2D eigenvalue weighted by atomic mass is 15.2. The molecule has 0 atom stereocenters. The van der Waals surface area contributed by atoms with Gasteiger partial charge < -0.3 is 9.80 Å². The van der Waals surface area contributed by atoms with Crippen LogP contribution < -0.4 is 0 Å². The molecule has 0 saturated carbocycles. The van der Waals surface area contributed by atoms with Gasteiger partial charge in [-0.25, -0.2) is 9.51 Å². The number of amidine groups is 1. The van der Waals surface area contributed by atoms with E-state index >= 15 is 0 Å². The monoisotopic (exact) mass is 402 g/mol. The SMILES string of the molecule is Cc1cn2nc(C3=CCN4C=C(C5CCN(C(C)C)CC5)C=CC4=N3)cc2c(C)n1. The van der Waals surface area contributed by atoms with Gasteiger partial charge in [-0.05, 0) is 83.3 Å². The van der Waals surface area contributed by atoms with Crippen LogP contribution in [0, 0.1) is 19.8 Å². The van der Waals surface area contributed by atoms with Crippen molar-refractivity contribution in [3.63, 3.8) is 0 Å². The van der Waals surface area contributed by atoms with E-state index in [9.17, 15) is 0 Å². The van der Waals surface area contributed by atoms with E-state index in [-0.39, 0.29) is 0 Å². The molecule has 2 aromatic rings. The van der Waals surface area contributed by atoms with Gasteiger partial charge in [-0.15, -0.1) is 0 Å². The van der Waals surface area contributed by atoms with Crippen molar-refractivity contribution >= 4 is 17.0 Å². The molecule has 0 aromatic carbocycles. The zero-order valence-corrected chi connectivity index (χ0v) is 18.3. The number of hydrogen-bond acceptors (Lipinski definition) is 5. The zero-order chi connectivity index (χ0) is 20.8. The van der Waals surface area contributed by atoms with Crippen molar-refractivity contribution in [3.8, 4) is 0 Å². The molecule has 156 valence electrons. The minimum absolute atomic E-state index is 0.648. The molecule has 0 N–H and O–H groups in total. The topological polar surface area (TPSA) is 49.0 Å². The van der Waals surface area contributed by atoms with Crippen LogP contribution in [0.4, 0.5) is 0 Å². The first kappa shape index (κ1) is 19.2. The number of fused-ring (bicyclic) bond motifs is 2. The van der Waals surface area contributed by atoms with E-state index < -0.39 is 0 Å². The molecule has 1 fully saturated rings. The second kappa shape index (κ2) is 7.51. The summed E-state index contributed by atoms with van der Waals surface area (Å²) in [6.07, 6.45) is 13.4. The summed E-state index contributed by atoms with van der Waals surface area (Å²) in [5.41, 5.74) is 6.29. The largest absolute Gasteiger partial charge is 0.329 e. The number of piperidine rings is 1. The number of allylic oxidation sites excluding steroid dienone is 2. The van der Waals surface area contributed by atoms with Crippen molar-refractivity contribution in [1.82, 2.24) is 24.4 Å². The predicted molar refractivity (Wildman–Crippen MR) is 121 cm³/mol. The molecule has 0 bridgehead atoms. The average molecular weight is 403 g/mol. The number of nitrogens with zero attached hydrogens (tertiary/aromatic N) is 6. The average Bonchev–Trinajstić information content (AvgIpc) is 3.17. The van der Waals surface area contributed by atoms with Gasteiger partial charge >= 0.3 is 0 Å². The Kier molecular flexibility index (Phi) is 4.82. The lowest BCUT2D eigenvalue weighted by Gasteiger charge is -2.36. The minimum atomic E-state index is 0.648. The van der Waals surface area contributed by atoms with Crippen LogP contribution in [0.25, 0.3) is 11.2 Å². The molecule has 3 aliphatic heterocycles. The quantitative estimate of drug-likeness (QED) is 0.779. The lowest BCUT2D eigenvalue weighted by atomic mass is 9.88. The summed E-state index contributed by atoms with van der Waals surface area (Å²) in [5, 5.41) is 4.74. The van der Waals surface area contributed by atoms with Gasteiger partial charge in [-0.3, -0.25) is 4.98 Å². The van der Waals surface area contributed by atoms with Gasteiger partial charge in [-0.1, -0.05) is 6.08 Å². The fourth-order valence-electron chi connectivity index (χ4n) is 4.73. The van der Waals surface area contributed by atoms with Gasteiger partial charge in [0.2, 0.25) is 0 Å². The zero-order valence-electron chi connectivity index (χ0n) is 18.3. The summed E-state index contributed by atoms with van der Waals surface area (Å²) < 4.78 is 1.92. The number of hydrogen-bond donors (Lipinski definition) is 0. The number of rotatable bonds is 3. The highest BCUT2D eigenvalue weighted by molar-refractivity contribution is 6.00. The normalized spacial score (nSPS) is 20.4. The standard InChI is InChI=1S/C24H30N6/c1-16(2)28-10-7-19(8-11-28)20-5-6-24-26-21(9-12-29(24)15-20)22-13-23-18(4)25-17(3)14-30(23)27-22/h5-6,9,13-16,19H,7-8,10-12H2,1-4H3. The van der Waals surface area contributed by atoms with E-state index in [2.05, 4.69) is 59.1 Å². The summed E-state index contributed by atoms with van der Waals surface area (Å²) in [6, 6.07) is 2.73. The first-order valence-electron chi connectivity index (χ1n) is 11.0. The van der Waals surface area contributed by atoms with Crippen LogP contribution in [0.15, 0.2) is 47.3 Å². The van der Waals surface area contributed by atoms with Crippen LogP contribution >= 0.6 is 0 Å². The van der Waals surface area contributed by atoms with Crippen LogP contribution in [0.3, 0.4) is 0 Å². The molecule has 3 aliphatic rings. The Hall–Kier alpha value is -2.73. The number of aromatic nitrogens is 3. The van der Waals surface area contributed by atoms with Crippen molar-refractivity contribution in [1.29, 1.82) is 0 Å². The maximum absolute atomic E-state index is 4.90. The van der Waals surface area contributed by atoms with E-state index in [0.29, 0.717) is 12.0 Å². The van der Waals surface area contributed by atoms with Crippen LogP contribution in [-0.2, 0) is 0 Å². The van der Waals surface area contributed by atoms with Crippen LogP contribution in [0.2, 0.25) is 0 Å². The summed E-state index contributed by atoms with van der Waals surface area (Å²) in [6.45, 7) is 11.8. The molecule has 5 rings (SSSR count). The lowest BCUT2D eigenvalue weighted by Crippen LogP contribution is -2.39. The second-order valence-electron chi connectivity index (χ2n) is 8.91. The summed E-state index contributed by atoms with van der Waals surface area (Å²) >= 11 is 0. The van der Waals surface area contributed by atoms with E-state index in [1.807, 2.05) is 24.6 Å². The molecule has 0 unspecified atom stereocenters. The van der Waals surface area contributed by atoms with Gasteiger partial charge in [0.25, 0.3) is 0 Å². The maximum atomic E-state index is 4.90. The van der Waals surface area contributed by atoms with Crippen molar-refractivity contribution < 1.29 is 0 Å². The maximum Gasteiger partial charge on any atom is 0.133 e. The molecule has 5 heterocycles. The third-order valence-electron chi connectivity index (χ3n) is 6.49. The third kappa shape index (κ3) is 3.49. The summed E-state index contributed by atoms with van der Waals surface area (Å²) in [7, 11) is 0. The van der Waals surface area contributed by atoms with Gasteiger partial charge in [0.1, 0.15) is 11.5 Å². The summed E-state index contributed by atoms with van der Waals surface area (Å²) in [5.74, 6) is 1.65. The second-order valence-corrected chi connectivity index (χ2v) is 8.91. The molecule has 6 heteroatoms. The molecule has 2 aromatic heterocycles. The van der Waals surface area contributed by atoms with E-state index in [1.165, 1.54) is 31.5 Å². The Morgan fingerprint density at radius 3 is 2.67 bits per heavy atom. The highest BCUT2D eigenvalue weighted by Gasteiger charge is 2.26. The molecular weight excluding hydrogens is 372 g/mol. The van der Waals surface area contributed by atoms with Gasteiger partial charge in [0, 0.05) is 18.8 Å². The first-order valence-corrected chi connectivity index (χ1v) is 11.0. The Morgan fingerprint density at radius 2 is 1.90 bits per heavy atom. The first-order chi connectivity index (χ1) is 14.5. The van der Waals surface area contributed by atoms with Crippen LogP contribution in [-0.4, -0.2) is 55.9 Å². The molecule has 0 radical (unpaired) electrons. The Balaban J connectivity index is 1.33. The number of aliphatic imine (C=N–C) groups is 1. The third-order valence-corrected chi connectivity index (χ3v) is 6.49. The van der Waals surface area contributed by atoms with Gasteiger partial charge in [-0.2, -0.15) is 5.10 Å². The van der Waals surface area contributed by atoms with Crippen molar-refractivity contribution in [2.45, 2.75) is 46.6 Å². The van der Waals surface area contributed by atoms with Crippen molar-refractivity contribution in [3.05, 3.63) is 59.3 Å². The smallest absolute Gasteiger partial charge is 0.133 e. The number of likely N-dealkylation sites (tertiary alicyclic amines) is 1. The fraction of sp³-hybridized carbons (Fsp3) is 0.458. The van der Waals surface area contributed by atoms with Crippen molar-refractivity contribution in [2.24, 2.45) is 10.9 Å². The molecule has 0 spiro atoms. The van der Waals surface area contributed by atoms with Crippen molar-refractivity contribution in [2.75, 3.05) is 19.6 Å². The molecule has 0 aliphatic carbocycles. The fourth-order valence-corrected chi connectivity index (χ4v) is 4.73. The van der Waals surface area contributed by atoms with Crippen LogP contribution in [0.1, 0.15) is 43.8 Å². The lowest BCUT2D eigenvalue weighted by molar-refractivity contribution is 0.161. The molecule has 1 saturated heterocycles. The Bertz CT molecular complexity index is 1090. The number of aryl methyl sites for hydroxylation is 2. The van der Waals surface area contributed by atoms with Gasteiger partial charge in [0.05, 0.1) is 28.8 Å². The van der Waals surface area contributed by atoms with E-state index in [4.69, 9.17) is 10.1 Å². The molecule has 0 amide bonds.